The molecule has 2 nitrogen and oxygen atoms in total. The van der Waals surface area contributed by atoms with Crippen molar-refractivity contribution in [2.45, 2.75) is 12.3 Å². The van der Waals surface area contributed by atoms with Gasteiger partial charge >= 0.3 is 0 Å². The van der Waals surface area contributed by atoms with E-state index in [0.29, 0.717) is 5.92 Å². The highest BCUT2D eigenvalue weighted by Gasteiger charge is 2.42. The zero-order valence-electron chi connectivity index (χ0n) is 10.6. The van der Waals surface area contributed by atoms with E-state index in [1.807, 2.05) is 48.5 Å². The van der Waals surface area contributed by atoms with Crippen molar-refractivity contribution >= 4 is 33.2 Å². The Morgan fingerprint density at radius 1 is 1.10 bits per heavy atom. The summed E-state index contributed by atoms with van der Waals surface area (Å²) < 4.78 is 1.02. The Bertz CT molecular complexity index is 637. The molecule has 0 aliphatic heterocycles. The summed E-state index contributed by atoms with van der Waals surface area (Å²) in [5.74, 6) is 0.698. The molecule has 2 aromatic rings. The van der Waals surface area contributed by atoms with Crippen LogP contribution in [0.5, 0.6) is 0 Å². The van der Waals surface area contributed by atoms with Gasteiger partial charge in [-0.05, 0) is 47.7 Å². The Morgan fingerprint density at radius 2 is 1.75 bits per heavy atom. The van der Waals surface area contributed by atoms with Crippen molar-refractivity contribution in [3.63, 3.8) is 0 Å². The third kappa shape index (κ3) is 2.74. The van der Waals surface area contributed by atoms with E-state index in [0.717, 1.165) is 27.2 Å². The van der Waals surface area contributed by atoms with Crippen molar-refractivity contribution in [1.82, 2.24) is 0 Å². The molecule has 0 bridgehead atoms. The Labute approximate surface area is 131 Å². The molecule has 4 heteroatoms. The van der Waals surface area contributed by atoms with E-state index in [4.69, 9.17) is 11.6 Å². The summed E-state index contributed by atoms with van der Waals surface area (Å²) >= 11 is 9.32. The first kappa shape index (κ1) is 13.7. The van der Waals surface area contributed by atoms with E-state index in [-0.39, 0.29) is 5.92 Å². The van der Waals surface area contributed by atoms with Crippen LogP contribution < -0.4 is 0 Å². The zero-order valence-corrected chi connectivity index (χ0v) is 13.0. The third-order valence-corrected chi connectivity index (χ3v) is 4.47. The molecule has 0 amide bonds. The number of halogens is 2. The highest BCUT2D eigenvalue weighted by Crippen LogP contribution is 2.49. The van der Waals surface area contributed by atoms with Gasteiger partial charge in [0, 0.05) is 15.4 Å². The first-order valence-electron chi connectivity index (χ1n) is 6.42. The molecule has 2 aromatic carbocycles. The van der Waals surface area contributed by atoms with Crippen LogP contribution in [0.3, 0.4) is 0 Å². The van der Waals surface area contributed by atoms with E-state index in [1.165, 1.54) is 5.56 Å². The van der Waals surface area contributed by atoms with E-state index in [9.17, 15) is 5.21 Å². The van der Waals surface area contributed by atoms with Crippen molar-refractivity contribution in [2.75, 3.05) is 0 Å². The Kier molecular flexibility index (Phi) is 3.81. The van der Waals surface area contributed by atoms with Crippen molar-refractivity contribution < 1.29 is 5.21 Å². The fourth-order valence-corrected chi connectivity index (χ4v) is 2.93. The summed E-state index contributed by atoms with van der Waals surface area (Å²) in [6, 6.07) is 15.8. The zero-order chi connectivity index (χ0) is 14.1. The highest BCUT2D eigenvalue weighted by atomic mass is 79.9. The number of benzene rings is 2. The van der Waals surface area contributed by atoms with Gasteiger partial charge in [-0.2, -0.15) is 0 Å². The molecule has 20 heavy (non-hydrogen) atoms. The summed E-state index contributed by atoms with van der Waals surface area (Å²) in [4.78, 5) is 0. The van der Waals surface area contributed by atoms with E-state index < -0.39 is 0 Å². The average Bonchev–Trinajstić information content (AvgIpc) is 3.23. The van der Waals surface area contributed by atoms with Gasteiger partial charge in [-0.3, -0.25) is 0 Å². The second-order valence-electron chi connectivity index (χ2n) is 4.99. The predicted molar refractivity (Wildman–Crippen MR) is 84.8 cm³/mol. The fourth-order valence-electron chi connectivity index (χ4n) is 2.54. The minimum Gasteiger partial charge on any atom is -0.411 e. The average molecular weight is 351 g/mol. The first-order valence-corrected chi connectivity index (χ1v) is 7.59. The van der Waals surface area contributed by atoms with Crippen LogP contribution in [0.1, 0.15) is 23.5 Å². The van der Waals surface area contributed by atoms with Gasteiger partial charge in [0.05, 0.1) is 5.71 Å². The molecule has 0 aromatic heterocycles. The SMILES string of the molecule is O/N=C(/c1ccc(Br)cc1)[C@@H]1C[C@@H]1c1ccc(Cl)cc1. The Balaban J connectivity index is 1.80. The molecule has 0 saturated heterocycles. The molecular weight excluding hydrogens is 338 g/mol. The normalized spacial score (nSPS) is 21.8. The first-order chi connectivity index (χ1) is 9.69. The molecule has 1 fully saturated rings. The topological polar surface area (TPSA) is 32.6 Å². The molecule has 3 rings (SSSR count). The minimum absolute atomic E-state index is 0.280. The van der Waals surface area contributed by atoms with Crippen LogP contribution in [-0.4, -0.2) is 10.9 Å². The number of rotatable bonds is 3. The molecule has 0 heterocycles. The molecule has 2 atom stereocenters. The van der Waals surface area contributed by atoms with Crippen molar-refractivity contribution in [2.24, 2.45) is 11.1 Å². The van der Waals surface area contributed by atoms with Crippen LogP contribution in [0.4, 0.5) is 0 Å². The van der Waals surface area contributed by atoms with Crippen molar-refractivity contribution in [3.8, 4) is 0 Å². The van der Waals surface area contributed by atoms with Crippen molar-refractivity contribution in [1.29, 1.82) is 0 Å². The molecule has 0 spiro atoms. The maximum absolute atomic E-state index is 9.32. The van der Waals surface area contributed by atoms with E-state index in [2.05, 4.69) is 21.1 Å². The van der Waals surface area contributed by atoms with Gasteiger partial charge in [0.15, 0.2) is 0 Å². The minimum atomic E-state index is 0.280. The van der Waals surface area contributed by atoms with Gasteiger partial charge in [0.2, 0.25) is 0 Å². The maximum atomic E-state index is 9.32. The smallest absolute Gasteiger partial charge is 0.0904 e. The van der Waals surface area contributed by atoms with E-state index >= 15 is 0 Å². The lowest BCUT2D eigenvalue weighted by atomic mass is 10.0. The standard InChI is InChI=1S/C16H13BrClNO/c17-12-5-1-11(2-6-12)16(19-20)15-9-14(15)10-3-7-13(18)8-4-10/h1-8,14-15,20H,9H2/b19-16-/t14-,15-/m1/s1. The van der Waals surface area contributed by atoms with Gasteiger partial charge in [0.1, 0.15) is 0 Å². The Hall–Kier alpha value is -1.32. The third-order valence-electron chi connectivity index (χ3n) is 3.69. The summed E-state index contributed by atoms with van der Waals surface area (Å²) in [5.41, 5.74) is 2.98. The monoisotopic (exact) mass is 349 g/mol. The molecule has 0 unspecified atom stereocenters. The maximum Gasteiger partial charge on any atom is 0.0904 e. The van der Waals surface area contributed by atoms with Gasteiger partial charge in [-0.1, -0.05) is 57.0 Å². The van der Waals surface area contributed by atoms with Gasteiger partial charge in [-0.25, -0.2) is 0 Å². The Morgan fingerprint density at radius 3 is 2.35 bits per heavy atom. The molecule has 1 aliphatic rings. The summed E-state index contributed by atoms with van der Waals surface area (Å²) in [7, 11) is 0. The molecule has 1 N–H and O–H groups in total. The molecule has 102 valence electrons. The van der Waals surface area contributed by atoms with Crippen LogP contribution in [-0.2, 0) is 0 Å². The summed E-state index contributed by atoms with van der Waals surface area (Å²) in [5, 5.41) is 13.6. The lowest BCUT2D eigenvalue weighted by Gasteiger charge is -2.05. The van der Waals surface area contributed by atoms with Crippen LogP contribution in [0.2, 0.25) is 5.02 Å². The quantitative estimate of drug-likeness (QED) is 0.467. The molecule has 0 radical (unpaired) electrons. The van der Waals surface area contributed by atoms with Crippen molar-refractivity contribution in [3.05, 3.63) is 69.2 Å². The number of hydrogen-bond acceptors (Lipinski definition) is 2. The van der Waals surface area contributed by atoms with E-state index in [1.54, 1.807) is 0 Å². The number of oxime groups is 1. The lowest BCUT2D eigenvalue weighted by molar-refractivity contribution is 0.317. The number of hydrogen-bond donors (Lipinski definition) is 1. The van der Waals surface area contributed by atoms with Crippen LogP contribution in [0.25, 0.3) is 0 Å². The second kappa shape index (κ2) is 5.58. The van der Waals surface area contributed by atoms with Gasteiger partial charge in [0.25, 0.3) is 0 Å². The van der Waals surface area contributed by atoms with Crippen LogP contribution >= 0.6 is 27.5 Å². The van der Waals surface area contributed by atoms with Gasteiger partial charge in [-0.15, -0.1) is 0 Å². The molecule has 1 aliphatic carbocycles. The van der Waals surface area contributed by atoms with Crippen LogP contribution in [0, 0.1) is 5.92 Å². The summed E-state index contributed by atoms with van der Waals surface area (Å²) in [6.07, 6.45) is 1.01. The lowest BCUT2D eigenvalue weighted by Crippen LogP contribution is -2.05. The van der Waals surface area contributed by atoms with Crippen LogP contribution in [0.15, 0.2) is 58.2 Å². The summed E-state index contributed by atoms with van der Waals surface area (Å²) in [6.45, 7) is 0. The largest absolute Gasteiger partial charge is 0.411 e. The highest BCUT2D eigenvalue weighted by molar-refractivity contribution is 9.10. The second-order valence-corrected chi connectivity index (χ2v) is 6.34. The number of nitrogens with zero attached hydrogens (tertiary/aromatic N) is 1. The molecule has 1 saturated carbocycles. The molecular formula is C16H13BrClNO. The fraction of sp³-hybridized carbons (Fsp3) is 0.188. The predicted octanol–water partition coefficient (Wildman–Crippen LogP) is 5.08. The van der Waals surface area contributed by atoms with Gasteiger partial charge < -0.3 is 5.21 Å².